The van der Waals surface area contributed by atoms with Crippen molar-refractivity contribution in [2.75, 3.05) is 27.4 Å². The monoisotopic (exact) mass is 251 g/mol. The molecule has 1 fully saturated rings. The van der Waals surface area contributed by atoms with Gasteiger partial charge in [-0.25, -0.2) is 0 Å². The molecule has 1 atom stereocenters. The minimum Gasteiger partial charge on any atom is -0.493 e. The number of rotatable bonds is 5. The van der Waals surface area contributed by atoms with Gasteiger partial charge in [0.25, 0.3) is 0 Å². The van der Waals surface area contributed by atoms with Crippen LogP contribution in [0.15, 0.2) is 18.2 Å². The zero-order chi connectivity index (χ0) is 13.0. The molecule has 100 valence electrons. The van der Waals surface area contributed by atoms with Crippen molar-refractivity contribution in [2.45, 2.75) is 25.4 Å². The SMILES string of the molecule is COc1ccc(CN2CCC[C@@H]2CO)cc1OC. The van der Waals surface area contributed by atoms with Gasteiger partial charge in [-0.3, -0.25) is 4.90 Å². The van der Waals surface area contributed by atoms with E-state index in [9.17, 15) is 5.11 Å². The van der Waals surface area contributed by atoms with E-state index in [4.69, 9.17) is 9.47 Å². The van der Waals surface area contributed by atoms with Crippen LogP contribution in [0.5, 0.6) is 11.5 Å². The fourth-order valence-corrected chi connectivity index (χ4v) is 2.52. The number of hydrogen-bond acceptors (Lipinski definition) is 4. The number of ether oxygens (including phenoxy) is 2. The van der Waals surface area contributed by atoms with E-state index in [-0.39, 0.29) is 6.61 Å². The van der Waals surface area contributed by atoms with E-state index < -0.39 is 0 Å². The first-order chi connectivity index (χ1) is 8.78. The van der Waals surface area contributed by atoms with E-state index in [0.29, 0.717) is 6.04 Å². The van der Waals surface area contributed by atoms with Gasteiger partial charge in [-0.2, -0.15) is 0 Å². The largest absolute Gasteiger partial charge is 0.493 e. The van der Waals surface area contributed by atoms with Crippen LogP contribution in [0, 0.1) is 0 Å². The molecular formula is C14H21NO3. The fraction of sp³-hybridized carbons (Fsp3) is 0.571. The number of aliphatic hydroxyl groups excluding tert-OH is 1. The fourth-order valence-electron chi connectivity index (χ4n) is 2.52. The molecular weight excluding hydrogens is 230 g/mol. The zero-order valence-electron chi connectivity index (χ0n) is 11.1. The van der Waals surface area contributed by atoms with Crippen molar-refractivity contribution >= 4 is 0 Å². The van der Waals surface area contributed by atoms with Crippen molar-refractivity contribution in [2.24, 2.45) is 0 Å². The predicted octanol–water partition coefficient (Wildman–Crippen LogP) is 1.66. The second-order valence-electron chi connectivity index (χ2n) is 4.64. The van der Waals surface area contributed by atoms with Crippen LogP contribution in [-0.4, -0.2) is 43.4 Å². The lowest BCUT2D eigenvalue weighted by atomic mass is 10.1. The second-order valence-corrected chi connectivity index (χ2v) is 4.64. The molecule has 1 heterocycles. The average Bonchev–Trinajstić information content (AvgIpc) is 2.85. The number of likely N-dealkylation sites (tertiary alicyclic amines) is 1. The summed E-state index contributed by atoms with van der Waals surface area (Å²) in [6.45, 7) is 2.15. The van der Waals surface area contributed by atoms with E-state index in [1.54, 1.807) is 14.2 Å². The second kappa shape index (κ2) is 6.07. The lowest BCUT2D eigenvalue weighted by Gasteiger charge is -2.23. The molecule has 0 amide bonds. The smallest absolute Gasteiger partial charge is 0.161 e. The van der Waals surface area contributed by atoms with Crippen LogP contribution < -0.4 is 9.47 Å². The minimum atomic E-state index is 0.243. The maximum Gasteiger partial charge on any atom is 0.161 e. The number of methoxy groups -OCH3 is 2. The number of aliphatic hydroxyl groups is 1. The molecule has 0 spiro atoms. The molecule has 1 N–H and O–H groups in total. The summed E-state index contributed by atoms with van der Waals surface area (Å²) < 4.78 is 10.5. The van der Waals surface area contributed by atoms with Crippen LogP contribution >= 0.6 is 0 Å². The Kier molecular flexibility index (Phi) is 4.44. The van der Waals surface area contributed by atoms with E-state index in [1.165, 1.54) is 12.0 Å². The Morgan fingerprint density at radius 3 is 2.72 bits per heavy atom. The summed E-state index contributed by atoms with van der Waals surface area (Å²) in [5.74, 6) is 1.51. The number of nitrogens with zero attached hydrogens (tertiary/aromatic N) is 1. The predicted molar refractivity (Wildman–Crippen MR) is 70.1 cm³/mol. The van der Waals surface area contributed by atoms with Gasteiger partial charge in [-0.1, -0.05) is 6.07 Å². The van der Waals surface area contributed by atoms with Gasteiger partial charge in [-0.05, 0) is 37.1 Å². The molecule has 0 bridgehead atoms. The van der Waals surface area contributed by atoms with Gasteiger partial charge in [-0.15, -0.1) is 0 Å². The summed E-state index contributed by atoms with van der Waals surface area (Å²) in [6.07, 6.45) is 2.25. The lowest BCUT2D eigenvalue weighted by molar-refractivity contribution is 0.153. The number of hydrogen-bond donors (Lipinski definition) is 1. The standard InChI is InChI=1S/C14H21NO3/c1-17-13-6-5-11(8-14(13)18-2)9-15-7-3-4-12(15)10-16/h5-6,8,12,16H,3-4,7,9-10H2,1-2H3/t12-/m1/s1. The molecule has 0 aliphatic carbocycles. The van der Waals surface area contributed by atoms with Crippen molar-refractivity contribution in [3.05, 3.63) is 23.8 Å². The third-order valence-corrected chi connectivity index (χ3v) is 3.54. The first kappa shape index (κ1) is 13.2. The Balaban J connectivity index is 2.09. The van der Waals surface area contributed by atoms with Crippen LogP contribution in [0.2, 0.25) is 0 Å². The van der Waals surface area contributed by atoms with Gasteiger partial charge in [0.1, 0.15) is 0 Å². The van der Waals surface area contributed by atoms with Crippen LogP contribution in [0.3, 0.4) is 0 Å². The molecule has 4 nitrogen and oxygen atoms in total. The summed E-state index contributed by atoms with van der Waals surface area (Å²) in [6, 6.07) is 6.29. The summed E-state index contributed by atoms with van der Waals surface area (Å²) in [5, 5.41) is 9.31. The molecule has 1 saturated heterocycles. The Hall–Kier alpha value is -1.26. The average molecular weight is 251 g/mol. The van der Waals surface area contributed by atoms with Crippen LogP contribution in [0.4, 0.5) is 0 Å². The van der Waals surface area contributed by atoms with Crippen molar-refractivity contribution in [3.8, 4) is 11.5 Å². The molecule has 4 heteroatoms. The van der Waals surface area contributed by atoms with Gasteiger partial charge < -0.3 is 14.6 Å². The van der Waals surface area contributed by atoms with Gasteiger partial charge in [0, 0.05) is 12.6 Å². The Labute approximate surface area is 108 Å². The summed E-state index contributed by atoms with van der Waals surface area (Å²) in [7, 11) is 3.29. The topological polar surface area (TPSA) is 41.9 Å². The van der Waals surface area contributed by atoms with Gasteiger partial charge in [0.15, 0.2) is 11.5 Å². The van der Waals surface area contributed by atoms with Crippen molar-refractivity contribution in [3.63, 3.8) is 0 Å². The summed E-state index contributed by atoms with van der Waals surface area (Å²) in [5.41, 5.74) is 1.19. The molecule has 1 aromatic carbocycles. The van der Waals surface area contributed by atoms with Crippen LogP contribution in [-0.2, 0) is 6.54 Å². The molecule has 2 rings (SSSR count). The highest BCUT2D eigenvalue weighted by atomic mass is 16.5. The normalized spacial score (nSPS) is 20.1. The molecule has 1 aliphatic rings. The first-order valence-electron chi connectivity index (χ1n) is 6.34. The highest BCUT2D eigenvalue weighted by Gasteiger charge is 2.23. The maximum absolute atomic E-state index is 9.31. The molecule has 0 radical (unpaired) electrons. The summed E-state index contributed by atoms with van der Waals surface area (Å²) >= 11 is 0. The number of benzene rings is 1. The van der Waals surface area contributed by atoms with E-state index in [1.807, 2.05) is 18.2 Å². The highest BCUT2D eigenvalue weighted by molar-refractivity contribution is 5.42. The van der Waals surface area contributed by atoms with Crippen LogP contribution in [0.1, 0.15) is 18.4 Å². The molecule has 0 aromatic heterocycles. The van der Waals surface area contributed by atoms with Gasteiger partial charge in [0.05, 0.1) is 20.8 Å². The van der Waals surface area contributed by atoms with Gasteiger partial charge in [0.2, 0.25) is 0 Å². The van der Waals surface area contributed by atoms with Crippen LogP contribution in [0.25, 0.3) is 0 Å². The quantitative estimate of drug-likeness (QED) is 0.864. The summed E-state index contributed by atoms with van der Waals surface area (Å²) in [4.78, 5) is 2.32. The molecule has 18 heavy (non-hydrogen) atoms. The third kappa shape index (κ3) is 2.76. The lowest BCUT2D eigenvalue weighted by Crippen LogP contribution is -2.31. The first-order valence-corrected chi connectivity index (χ1v) is 6.34. The Morgan fingerprint density at radius 1 is 1.28 bits per heavy atom. The molecule has 1 aliphatic heterocycles. The third-order valence-electron chi connectivity index (χ3n) is 3.54. The van der Waals surface area contributed by atoms with Gasteiger partial charge >= 0.3 is 0 Å². The van der Waals surface area contributed by atoms with Crippen molar-refractivity contribution < 1.29 is 14.6 Å². The molecule has 0 saturated carbocycles. The Bertz CT molecular complexity index is 395. The maximum atomic E-state index is 9.31. The molecule has 0 unspecified atom stereocenters. The van der Waals surface area contributed by atoms with E-state index in [0.717, 1.165) is 31.0 Å². The highest BCUT2D eigenvalue weighted by Crippen LogP contribution is 2.29. The van der Waals surface area contributed by atoms with Crippen molar-refractivity contribution in [1.82, 2.24) is 4.90 Å². The van der Waals surface area contributed by atoms with E-state index >= 15 is 0 Å². The van der Waals surface area contributed by atoms with Crippen molar-refractivity contribution in [1.29, 1.82) is 0 Å². The molecule has 1 aromatic rings. The van der Waals surface area contributed by atoms with E-state index in [2.05, 4.69) is 4.90 Å². The Morgan fingerprint density at radius 2 is 2.06 bits per heavy atom. The zero-order valence-corrected chi connectivity index (χ0v) is 11.1. The minimum absolute atomic E-state index is 0.243.